The molecule has 3 heteroatoms. The van der Waals surface area contributed by atoms with Gasteiger partial charge in [-0.1, -0.05) is 24.3 Å². The van der Waals surface area contributed by atoms with Crippen LogP contribution < -0.4 is 10.6 Å². The van der Waals surface area contributed by atoms with Crippen LogP contribution in [-0.2, 0) is 11.2 Å². The molecule has 0 saturated heterocycles. The molecule has 0 fully saturated rings. The van der Waals surface area contributed by atoms with E-state index in [4.69, 9.17) is 0 Å². The first kappa shape index (κ1) is 9.77. The SMILES string of the molecule is C=CCNC(=O)[C@@H]1Cc2ccccc2N1. The standard InChI is InChI=1S/C12H14N2O/c1-2-7-13-12(15)11-8-9-5-3-4-6-10(9)14-11/h2-6,11,14H,1,7-8H2,(H,13,15)/t11-/m0/s1. The molecule has 0 saturated carbocycles. The van der Waals surface area contributed by atoms with Gasteiger partial charge in [0.25, 0.3) is 0 Å². The predicted molar refractivity (Wildman–Crippen MR) is 60.8 cm³/mol. The van der Waals surface area contributed by atoms with Gasteiger partial charge in [-0.15, -0.1) is 6.58 Å². The Bertz CT molecular complexity index is 362. The number of fused-ring (bicyclic) bond motifs is 1. The van der Waals surface area contributed by atoms with Crippen LogP contribution in [0.4, 0.5) is 5.69 Å². The molecule has 15 heavy (non-hydrogen) atoms. The van der Waals surface area contributed by atoms with E-state index in [0.29, 0.717) is 6.54 Å². The lowest BCUT2D eigenvalue weighted by Gasteiger charge is -2.10. The van der Waals surface area contributed by atoms with E-state index < -0.39 is 0 Å². The van der Waals surface area contributed by atoms with E-state index in [1.54, 1.807) is 6.08 Å². The molecule has 0 aliphatic carbocycles. The van der Waals surface area contributed by atoms with Gasteiger partial charge in [-0.2, -0.15) is 0 Å². The van der Waals surface area contributed by atoms with Gasteiger partial charge in [0.2, 0.25) is 5.91 Å². The Kier molecular flexibility index (Phi) is 2.72. The van der Waals surface area contributed by atoms with E-state index in [1.165, 1.54) is 5.56 Å². The highest BCUT2D eigenvalue weighted by molar-refractivity contribution is 5.87. The Morgan fingerprint density at radius 2 is 2.40 bits per heavy atom. The Balaban J connectivity index is 2.00. The highest BCUT2D eigenvalue weighted by atomic mass is 16.2. The lowest BCUT2D eigenvalue weighted by Crippen LogP contribution is -2.38. The molecule has 0 aromatic heterocycles. The van der Waals surface area contributed by atoms with Crippen molar-refractivity contribution in [2.45, 2.75) is 12.5 Å². The summed E-state index contributed by atoms with van der Waals surface area (Å²) in [5.74, 6) is 0.0334. The van der Waals surface area contributed by atoms with Gasteiger partial charge < -0.3 is 10.6 Å². The van der Waals surface area contributed by atoms with Crippen molar-refractivity contribution in [2.24, 2.45) is 0 Å². The first-order valence-corrected chi connectivity index (χ1v) is 5.04. The summed E-state index contributed by atoms with van der Waals surface area (Å²) < 4.78 is 0. The Labute approximate surface area is 89.2 Å². The molecule has 1 aromatic carbocycles. The third-order valence-corrected chi connectivity index (χ3v) is 2.51. The number of carbonyl (C=O) groups excluding carboxylic acids is 1. The molecule has 2 N–H and O–H groups in total. The van der Waals surface area contributed by atoms with Crippen molar-refractivity contribution in [2.75, 3.05) is 11.9 Å². The van der Waals surface area contributed by atoms with Crippen molar-refractivity contribution >= 4 is 11.6 Å². The number of benzene rings is 1. The van der Waals surface area contributed by atoms with Crippen LogP contribution in [0.5, 0.6) is 0 Å². The number of rotatable bonds is 3. The summed E-state index contributed by atoms with van der Waals surface area (Å²) in [4.78, 5) is 11.7. The van der Waals surface area contributed by atoms with E-state index in [2.05, 4.69) is 17.2 Å². The summed E-state index contributed by atoms with van der Waals surface area (Å²) in [5, 5.41) is 5.99. The van der Waals surface area contributed by atoms with Crippen LogP contribution >= 0.6 is 0 Å². The van der Waals surface area contributed by atoms with Crippen LogP contribution in [-0.4, -0.2) is 18.5 Å². The van der Waals surface area contributed by atoms with E-state index in [0.717, 1.165) is 12.1 Å². The monoisotopic (exact) mass is 202 g/mol. The van der Waals surface area contributed by atoms with Crippen molar-refractivity contribution < 1.29 is 4.79 Å². The van der Waals surface area contributed by atoms with Gasteiger partial charge in [0, 0.05) is 18.7 Å². The summed E-state index contributed by atoms with van der Waals surface area (Å²) in [6, 6.07) is 7.86. The molecule has 1 aliphatic rings. The van der Waals surface area contributed by atoms with Gasteiger partial charge in [0.15, 0.2) is 0 Å². The molecule has 1 aromatic rings. The zero-order valence-electron chi connectivity index (χ0n) is 8.49. The molecule has 0 bridgehead atoms. The molecule has 1 atom stereocenters. The van der Waals surface area contributed by atoms with E-state index in [-0.39, 0.29) is 11.9 Å². The van der Waals surface area contributed by atoms with E-state index in [1.807, 2.05) is 24.3 Å². The predicted octanol–water partition coefficient (Wildman–Crippen LogP) is 1.33. The van der Waals surface area contributed by atoms with Crippen LogP contribution in [0.25, 0.3) is 0 Å². The lowest BCUT2D eigenvalue weighted by atomic mass is 10.1. The Morgan fingerprint density at radius 1 is 1.60 bits per heavy atom. The minimum Gasteiger partial charge on any atom is -0.373 e. The summed E-state index contributed by atoms with van der Waals surface area (Å²) in [5.41, 5.74) is 2.27. The fourth-order valence-corrected chi connectivity index (χ4v) is 1.75. The van der Waals surface area contributed by atoms with Crippen LogP contribution in [0, 0.1) is 0 Å². The number of hydrogen-bond donors (Lipinski definition) is 2. The van der Waals surface area contributed by atoms with Gasteiger partial charge in [0.05, 0.1) is 0 Å². The minimum absolute atomic E-state index is 0.0334. The van der Waals surface area contributed by atoms with E-state index in [9.17, 15) is 4.79 Å². The van der Waals surface area contributed by atoms with Crippen molar-refractivity contribution in [3.63, 3.8) is 0 Å². The number of para-hydroxylation sites is 1. The second kappa shape index (κ2) is 4.17. The summed E-state index contributed by atoms with van der Waals surface area (Å²) in [6.07, 6.45) is 2.44. The van der Waals surface area contributed by atoms with Crippen molar-refractivity contribution in [1.82, 2.24) is 5.32 Å². The third kappa shape index (κ3) is 2.01. The molecular formula is C12H14N2O. The average Bonchev–Trinajstić information content (AvgIpc) is 2.69. The van der Waals surface area contributed by atoms with Crippen LogP contribution in [0.1, 0.15) is 5.56 Å². The number of nitrogens with one attached hydrogen (secondary N) is 2. The fraction of sp³-hybridized carbons (Fsp3) is 0.250. The first-order valence-electron chi connectivity index (χ1n) is 5.04. The second-order valence-electron chi connectivity index (χ2n) is 3.59. The number of hydrogen-bond acceptors (Lipinski definition) is 2. The molecule has 0 unspecified atom stereocenters. The summed E-state index contributed by atoms with van der Waals surface area (Å²) >= 11 is 0. The molecule has 1 heterocycles. The molecule has 1 amide bonds. The van der Waals surface area contributed by atoms with Crippen molar-refractivity contribution in [3.05, 3.63) is 42.5 Å². The maximum Gasteiger partial charge on any atom is 0.243 e. The summed E-state index contributed by atoms with van der Waals surface area (Å²) in [6.45, 7) is 4.08. The molecule has 1 aliphatic heterocycles. The number of anilines is 1. The second-order valence-corrected chi connectivity index (χ2v) is 3.59. The molecule has 0 spiro atoms. The number of carbonyl (C=O) groups is 1. The number of amides is 1. The highest BCUT2D eigenvalue weighted by Crippen LogP contribution is 2.24. The molecule has 2 rings (SSSR count). The highest BCUT2D eigenvalue weighted by Gasteiger charge is 2.25. The molecule has 0 radical (unpaired) electrons. The third-order valence-electron chi connectivity index (χ3n) is 2.51. The average molecular weight is 202 g/mol. The molecule has 3 nitrogen and oxygen atoms in total. The van der Waals surface area contributed by atoms with Gasteiger partial charge in [-0.25, -0.2) is 0 Å². The maximum absolute atomic E-state index is 11.7. The Morgan fingerprint density at radius 3 is 3.13 bits per heavy atom. The quantitative estimate of drug-likeness (QED) is 0.726. The van der Waals surface area contributed by atoms with Gasteiger partial charge in [-0.3, -0.25) is 4.79 Å². The normalized spacial score (nSPS) is 17.7. The van der Waals surface area contributed by atoms with Gasteiger partial charge in [0.1, 0.15) is 6.04 Å². The lowest BCUT2D eigenvalue weighted by molar-refractivity contribution is -0.121. The molecular weight excluding hydrogens is 188 g/mol. The largest absolute Gasteiger partial charge is 0.373 e. The Hall–Kier alpha value is -1.77. The minimum atomic E-state index is -0.137. The van der Waals surface area contributed by atoms with Gasteiger partial charge >= 0.3 is 0 Å². The summed E-state index contributed by atoms with van der Waals surface area (Å²) in [7, 11) is 0. The van der Waals surface area contributed by atoms with E-state index >= 15 is 0 Å². The fourth-order valence-electron chi connectivity index (χ4n) is 1.75. The maximum atomic E-state index is 11.7. The molecule has 78 valence electrons. The zero-order chi connectivity index (χ0) is 10.7. The zero-order valence-corrected chi connectivity index (χ0v) is 8.49. The van der Waals surface area contributed by atoms with Crippen molar-refractivity contribution in [3.8, 4) is 0 Å². The smallest absolute Gasteiger partial charge is 0.243 e. The van der Waals surface area contributed by atoms with Crippen molar-refractivity contribution in [1.29, 1.82) is 0 Å². The van der Waals surface area contributed by atoms with Gasteiger partial charge in [-0.05, 0) is 11.6 Å². The van der Waals surface area contributed by atoms with Crippen LogP contribution in [0.3, 0.4) is 0 Å². The first-order chi connectivity index (χ1) is 7.31. The van der Waals surface area contributed by atoms with Crippen LogP contribution in [0.15, 0.2) is 36.9 Å². The topological polar surface area (TPSA) is 41.1 Å². The van der Waals surface area contributed by atoms with Crippen LogP contribution in [0.2, 0.25) is 0 Å².